The van der Waals surface area contributed by atoms with Gasteiger partial charge in [-0.25, -0.2) is 0 Å². The Kier molecular flexibility index (Phi) is 7.28. The van der Waals surface area contributed by atoms with E-state index in [0.717, 1.165) is 24.0 Å². The summed E-state index contributed by atoms with van der Waals surface area (Å²) in [6, 6.07) is 28.1. The Hall–Kier alpha value is -3.05. The zero-order chi connectivity index (χ0) is 22.3. The average molecular weight is 445 g/mol. The van der Waals surface area contributed by atoms with Crippen molar-refractivity contribution < 1.29 is 9.59 Å². The largest absolute Gasteiger partial charge is 0.350 e. The minimum atomic E-state index is -0.0617. The van der Waals surface area contributed by atoms with Gasteiger partial charge in [-0.2, -0.15) is 0 Å². The van der Waals surface area contributed by atoms with Gasteiger partial charge in [0.1, 0.15) is 5.37 Å². The number of carbonyl (C=O) groups is 2. The van der Waals surface area contributed by atoms with Gasteiger partial charge in [-0.1, -0.05) is 72.8 Å². The smallest absolute Gasteiger partial charge is 0.251 e. The Morgan fingerprint density at radius 2 is 1.59 bits per heavy atom. The summed E-state index contributed by atoms with van der Waals surface area (Å²) in [6.07, 6.45) is 1.83. The fourth-order valence-electron chi connectivity index (χ4n) is 3.89. The van der Waals surface area contributed by atoms with Crippen LogP contribution in [0.15, 0.2) is 84.9 Å². The number of rotatable bonds is 8. The summed E-state index contributed by atoms with van der Waals surface area (Å²) in [5.41, 5.74) is 4.09. The second kappa shape index (κ2) is 10.5. The lowest BCUT2D eigenvalue weighted by molar-refractivity contribution is -0.128. The molecule has 5 heteroatoms. The van der Waals surface area contributed by atoms with Crippen molar-refractivity contribution in [2.45, 2.75) is 37.7 Å². The van der Waals surface area contributed by atoms with Crippen molar-refractivity contribution in [2.75, 3.05) is 5.75 Å². The summed E-state index contributed by atoms with van der Waals surface area (Å²) in [4.78, 5) is 27.1. The fourth-order valence-corrected chi connectivity index (χ4v) is 5.08. The highest BCUT2D eigenvalue weighted by Crippen LogP contribution is 2.39. The fraction of sp³-hybridized carbons (Fsp3) is 0.259. The molecule has 0 bridgehead atoms. The van der Waals surface area contributed by atoms with E-state index in [1.165, 1.54) is 5.56 Å². The van der Waals surface area contributed by atoms with Crippen LogP contribution in [0.3, 0.4) is 0 Å². The summed E-state index contributed by atoms with van der Waals surface area (Å²) in [6.45, 7) is 2.63. The molecule has 1 saturated heterocycles. The number of hydrogen-bond acceptors (Lipinski definition) is 3. The maximum absolute atomic E-state index is 12.7. The molecule has 0 radical (unpaired) electrons. The monoisotopic (exact) mass is 444 g/mol. The molecule has 0 saturated carbocycles. The first-order valence-corrected chi connectivity index (χ1v) is 12.0. The molecular weight excluding hydrogens is 416 g/mol. The number of nitrogens with zero attached hydrogens (tertiary/aromatic N) is 1. The SMILES string of the molecule is C[C@H](CCc1ccccc1)NC(=O)c1ccc([C@@H]2SCC(=O)N2Cc2ccccc2)cc1. The predicted octanol–water partition coefficient (Wildman–Crippen LogP) is 5.21. The Labute approximate surface area is 194 Å². The van der Waals surface area contributed by atoms with Crippen molar-refractivity contribution in [2.24, 2.45) is 0 Å². The molecular formula is C27H28N2O2S. The molecule has 1 fully saturated rings. The summed E-state index contributed by atoms with van der Waals surface area (Å²) in [5.74, 6) is 0.574. The van der Waals surface area contributed by atoms with Crippen LogP contribution in [0.5, 0.6) is 0 Å². The van der Waals surface area contributed by atoms with Crippen LogP contribution in [0.4, 0.5) is 0 Å². The minimum Gasteiger partial charge on any atom is -0.350 e. The van der Waals surface area contributed by atoms with Gasteiger partial charge in [0, 0.05) is 18.2 Å². The lowest BCUT2D eigenvalue weighted by Crippen LogP contribution is -2.33. The molecule has 0 aromatic heterocycles. The number of thioether (sulfide) groups is 1. The van der Waals surface area contributed by atoms with Crippen molar-refractivity contribution in [1.82, 2.24) is 10.2 Å². The highest BCUT2D eigenvalue weighted by molar-refractivity contribution is 8.00. The van der Waals surface area contributed by atoms with Crippen molar-refractivity contribution in [3.8, 4) is 0 Å². The Morgan fingerprint density at radius 3 is 2.25 bits per heavy atom. The first-order chi connectivity index (χ1) is 15.6. The maximum Gasteiger partial charge on any atom is 0.251 e. The van der Waals surface area contributed by atoms with Crippen molar-refractivity contribution >= 4 is 23.6 Å². The first kappa shape index (κ1) is 22.2. The van der Waals surface area contributed by atoms with Crippen molar-refractivity contribution in [3.05, 3.63) is 107 Å². The lowest BCUT2D eigenvalue weighted by Gasteiger charge is -2.24. The summed E-state index contributed by atoms with van der Waals surface area (Å²) >= 11 is 1.64. The second-order valence-electron chi connectivity index (χ2n) is 8.19. The molecule has 1 N–H and O–H groups in total. The van der Waals surface area contributed by atoms with Gasteiger partial charge in [-0.15, -0.1) is 11.8 Å². The molecule has 4 rings (SSSR count). The van der Waals surface area contributed by atoms with Crippen LogP contribution in [0.25, 0.3) is 0 Å². The summed E-state index contributed by atoms with van der Waals surface area (Å²) in [7, 11) is 0. The second-order valence-corrected chi connectivity index (χ2v) is 9.26. The van der Waals surface area contributed by atoms with Gasteiger partial charge < -0.3 is 10.2 Å². The van der Waals surface area contributed by atoms with E-state index in [1.54, 1.807) is 11.8 Å². The van der Waals surface area contributed by atoms with Gasteiger partial charge in [-0.3, -0.25) is 9.59 Å². The van der Waals surface area contributed by atoms with E-state index in [2.05, 4.69) is 17.4 Å². The molecule has 3 aromatic carbocycles. The molecule has 32 heavy (non-hydrogen) atoms. The average Bonchev–Trinajstić information content (AvgIpc) is 3.19. The molecule has 1 aliphatic heterocycles. The highest BCUT2D eigenvalue weighted by atomic mass is 32.2. The Morgan fingerprint density at radius 1 is 0.969 bits per heavy atom. The molecule has 2 amide bonds. The van der Waals surface area contributed by atoms with Crippen molar-refractivity contribution in [3.63, 3.8) is 0 Å². The number of aryl methyl sites for hydroxylation is 1. The van der Waals surface area contributed by atoms with Crippen LogP contribution in [0.1, 0.15) is 45.8 Å². The highest BCUT2D eigenvalue weighted by Gasteiger charge is 2.32. The number of benzene rings is 3. The van der Waals surface area contributed by atoms with Gasteiger partial charge in [0.15, 0.2) is 0 Å². The van der Waals surface area contributed by atoms with Crippen LogP contribution < -0.4 is 5.32 Å². The molecule has 164 valence electrons. The van der Waals surface area contributed by atoms with E-state index >= 15 is 0 Å². The standard InChI is InChI=1S/C27H28N2O2S/c1-20(12-13-21-8-4-2-5-9-21)28-26(31)23-14-16-24(17-15-23)27-29(25(30)19-32-27)18-22-10-6-3-7-11-22/h2-11,14-17,20,27H,12-13,18-19H2,1H3,(H,28,31)/t20-,27+/m1/s1. The third kappa shape index (κ3) is 5.60. The molecule has 0 aliphatic carbocycles. The van der Waals surface area contributed by atoms with E-state index in [4.69, 9.17) is 0 Å². The van der Waals surface area contributed by atoms with Gasteiger partial charge >= 0.3 is 0 Å². The number of hydrogen-bond donors (Lipinski definition) is 1. The molecule has 3 aromatic rings. The molecule has 4 nitrogen and oxygen atoms in total. The molecule has 0 unspecified atom stereocenters. The number of nitrogens with one attached hydrogen (secondary N) is 1. The van der Waals surface area contributed by atoms with Crippen LogP contribution in [0, 0.1) is 0 Å². The molecule has 0 spiro atoms. The van der Waals surface area contributed by atoms with E-state index in [1.807, 2.05) is 84.6 Å². The van der Waals surface area contributed by atoms with E-state index in [9.17, 15) is 9.59 Å². The van der Waals surface area contributed by atoms with E-state index in [-0.39, 0.29) is 23.2 Å². The van der Waals surface area contributed by atoms with Gasteiger partial charge in [0.05, 0.1) is 5.75 Å². The molecule has 1 heterocycles. The topological polar surface area (TPSA) is 49.4 Å². The normalized spacial score (nSPS) is 16.7. The summed E-state index contributed by atoms with van der Waals surface area (Å²) in [5, 5.41) is 3.07. The van der Waals surface area contributed by atoms with E-state index in [0.29, 0.717) is 17.9 Å². The number of carbonyl (C=O) groups excluding carboxylic acids is 2. The third-order valence-electron chi connectivity index (χ3n) is 5.71. The molecule has 2 atom stereocenters. The van der Waals surface area contributed by atoms with E-state index < -0.39 is 0 Å². The van der Waals surface area contributed by atoms with Gasteiger partial charge in [0.25, 0.3) is 5.91 Å². The van der Waals surface area contributed by atoms with Crippen LogP contribution in [-0.4, -0.2) is 28.5 Å². The van der Waals surface area contributed by atoms with Gasteiger partial charge in [0.2, 0.25) is 5.91 Å². The van der Waals surface area contributed by atoms with Crippen molar-refractivity contribution in [1.29, 1.82) is 0 Å². The first-order valence-electron chi connectivity index (χ1n) is 11.0. The summed E-state index contributed by atoms with van der Waals surface area (Å²) < 4.78 is 0. The Bertz CT molecular complexity index is 1040. The zero-order valence-corrected chi connectivity index (χ0v) is 19.1. The maximum atomic E-state index is 12.7. The zero-order valence-electron chi connectivity index (χ0n) is 18.2. The number of amides is 2. The molecule has 1 aliphatic rings. The van der Waals surface area contributed by atoms with Crippen LogP contribution in [-0.2, 0) is 17.8 Å². The lowest BCUT2D eigenvalue weighted by atomic mass is 10.1. The van der Waals surface area contributed by atoms with Crippen LogP contribution in [0.2, 0.25) is 0 Å². The minimum absolute atomic E-state index is 0.0235. The van der Waals surface area contributed by atoms with Gasteiger partial charge in [-0.05, 0) is 48.6 Å². The third-order valence-corrected chi connectivity index (χ3v) is 6.96. The van der Waals surface area contributed by atoms with Crippen LogP contribution >= 0.6 is 11.8 Å². The quantitative estimate of drug-likeness (QED) is 0.519. The Balaban J connectivity index is 1.35. The predicted molar refractivity (Wildman–Crippen MR) is 130 cm³/mol.